The van der Waals surface area contributed by atoms with Crippen LogP contribution in [-0.2, 0) is 22.7 Å². The second-order valence-corrected chi connectivity index (χ2v) is 11.0. The van der Waals surface area contributed by atoms with Crippen molar-refractivity contribution < 1.29 is 29.4 Å². The van der Waals surface area contributed by atoms with Crippen LogP contribution < -0.4 is 10.2 Å². The van der Waals surface area contributed by atoms with E-state index in [2.05, 4.69) is 0 Å². The summed E-state index contributed by atoms with van der Waals surface area (Å²) in [6, 6.07) is 21.7. The predicted octanol–water partition coefficient (Wildman–Crippen LogP) is 2.93. The Balaban J connectivity index is 0.000000192. The van der Waals surface area contributed by atoms with Crippen LogP contribution in [0, 0.1) is 13.8 Å². The van der Waals surface area contributed by atoms with Crippen molar-refractivity contribution in [3.63, 3.8) is 0 Å². The number of aryl methyl sites for hydroxylation is 2. The number of carbonyl (C=O) groups excluding carboxylic acids is 4. The maximum atomic E-state index is 12.6. The Morgan fingerprint density at radius 2 is 0.930 bits per heavy atom. The fraction of sp³-hybridized carbons (Fsp3) is 0.294. The van der Waals surface area contributed by atoms with Crippen LogP contribution in [0.3, 0.4) is 0 Å². The van der Waals surface area contributed by atoms with Crippen LogP contribution in [0.5, 0.6) is 0 Å². The molecule has 0 bridgehead atoms. The number of fused-ring (bicyclic) bond motifs is 2. The number of hydrogen-bond donors (Lipinski definition) is 0. The normalized spacial score (nSPS) is 16.9. The summed E-state index contributed by atoms with van der Waals surface area (Å²) in [5.41, 5.74) is 5.91. The molecule has 0 amide bonds. The van der Waals surface area contributed by atoms with Gasteiger partial charge in [-0.15, -0.1) is 0 Å². The van der Waals surface area contributed by atoms with Crippen molar-refractivity contribution in [1.82, 2.24) is 9.13 Å². The van der Waals surface area contributed by atoms with E-state index in [0.29, 0.717) is 59.8 Å². The molecule has 0 saturated carbocycles. The van der Waals surface area contributed by atoms with E-state index in [1.807, 2.05) is 47.2 Å². The van der Waals surface area contributed by atoms with Gasteiger partial charge < -0.3 is 28.9 Å². The van der Waals surface area contributed by atoms with Crippen molar-refractivity contribution in [2.45, 2.75) is 64.5 Å². The molecule has 0 N–H and O–H groups in total. The molecule has 43 heavy (non-hydrogen) atoms. The summed E-state index contributed by atoms with van der Waals surface area (Å²) in [6.45, 7) is 5.30. The molecule has 8 nitrogen and oxygen atoms in total. The van der Waals surface area contributed by atoms with Crippen molar-refractivity contribution >= 4 is 61.2 Å². The van der Waals surface area contributed by atoms with Crippen molar-refractivity contribution in [1.29, 1.82) is 0 Å². The van der Waals surface area contributed by atoms with E-state index < -0.39 is 23.8 Å². The van der Waals surface area contributed by atoms with E-state index in [0.717, 1.165) is 24.0 Å². The number of nitrogens with zero attached hydrogens (tertiary/aromatic N) is 2. The van der Waals surface area contributed by atoms with Gasteiger partial charge in [0.05, 0.1) is 23.3 Å². The third kappa shape index (κ3) is 6.87. The first-order valence-electron chi connectivity index (χ1n) is 14.2. The van der Waals surface area contributed by atoms with Crippen molar-refractivity contribution in [2.24, 2.45) is 0 Å². The van der Waals surface area contributed by atoms with Crippen molar-refractivity contribution in [3.8, 4) is 0 Å². The third-order valence-electron chi connectivity index (χ3n) is 8.15. The van der Waals surface area contributed by atoms with E-state index in [-0.39, 0.29) is 49.3 Å². The van der Waals surface area contributed by atoms with Crippen LogP contribution in [0.1, 0.15) is 92.1 Å². The van der Waals surface area contributed by atoms with E-state index in [9.17, 15) is 29.4 Å². The number of ketones is 2. The first-order chi connectivity index (χ1) is 20.2. The molecule has 0 aliphatic carbocycles. The van der Waals surface area contributed by atoms with Gasteiger partial charge in [0, 0.05) is 47.4 Å². The van der Waals surface area contributed by atoms with Crippen molar-refractivity contribution in [3.05, 3.63) is 118 Å². The molecule has 0 saturated heterocycles. The number of carbonyl (C=O) groups is 4. The van der Waals surface area contributed by atoms with E-state index >= 15 is 0 Å². The third-order valence-corrected chi connectivity index (χ3v) is 8.15. The summed E-state index contributed by atoms with van der Waals surface area (Å²) in [7, 11) is 0. The zero-order chi connectivity index (χ0) is 30.0. The molecule has 2 unspecified atom stereocenters. The average molecular weight is 605 g/mol. The smallest absolute Gasteiger partial charge is 0.549 e. The zero-order valence-corrected chi connectivity index (χ0v) is 26.6. The summed E-state index contributed by atoms with van der Waals surface area (Å²) in [6.07, 6.45) is 2.64. The minimum absolute atomic E-state index is 0. The summed E-state index contributed by atoms with van der Waals surface area (Å²) in [4.78, 5) is 47.6. The summed E-state index contributed by atoms with van der Waals surface area (Å²) >= 11 is 0. The molecule has 4 aromatic rings. The number of carboxylic acids is 2. The molecule has 216 valence electrons. The Hall–Kier alpha value is -3.46. The molecule has 2 aromatic carbocycles. The molecule has 0 fully saturated rings. The number of rotatable bonds is 6. The fourth-order valence-electron chi connectivity index (χ4n) is 5.86. The molecular weight excluding hydrogens is 572 g/mol. The van der Waals surface area contributed by atoms with Gasteiger partial charge in [0.25, 0.3) is 0 Å². The molecule has 2 aliphatic heterocycles. The Kier molecular flexibility index (Phi) is 10.5. The number of benzene rings is 2. The number of hydrogen-bond acceptors (Lipinski definition) is 6. The average Bonchev–Trinajstić information content (AvgIpc) is 3.62. The Morgan fingerprint density at radius 1 is 0.581 bits per heavy atom. The van der Waals surface area contributed by atoms with Crippen LogP contribution in [0.4, 0.5) is 0 Å². The van der Waals surface area contributed by atoms with Crippen molar-refractivity contribution in [2.75, 3.05) is 0 Å². The molecule has 0 radical (unpaired) electrons. The molecule has 0 spiro atoms. The van der Waals surface area contributed by atoms with Gasteiger partial charge >= 0.3 is 37.7 Å². The maximum absolute atomic E-state index is 12.6. The van der Waals surface area contributed by atoms with E-state index in [1.54, 1.807) is 48.5 Å². The monoisotopic (exact) mass is 604 g/mol. The van der Waals surface area contributed by atoms with Gasteiger partial charge in [-0.3, -0.25) is 9.59 Å². The molecule has 6 rings (SSSR count). The quantitative estimate of drug-likeness (QED) is 0.246. The predicted molar refractivity (Wildman–Crippen MR) is 158 cm³/mol. The van der Waals surface area contributed by atoms with E-state index in [4.69, 9.17) is 0 Å². The first kappa shape index (κ1) is 32.5. The van der Waals surface area contributed by atoms with Gasteiger partial charge in [0.2, 0.25) is 11.6 Å². The second-order valence-electron chi connectivity index (χ2n) is 11.0. The minimum atomic E-state index is -1.07. The first-order valence-corrected chi connectivity index (χ1v) is 14.2. The Morgan fingerprint density at radius 3 is 1.26 bits per heavy atom. The number of aliphatic carboxylic acids is 2. The van der Waals surface area contributed by atoms with Gasteiger partial charge in [-0.25, -0.2) is 0 Å². The standard InChI is InChI=1S/2C17H17NO3.Ca/c2*1-11-4-6-12(7-5-11)16(19)15-9-8-14-13(17(20)21)3-2-10-18(14)15;/h2*4-9,13H,2-3,10H2,1H3,(H,20,21);/q;;+2/p-2. The van der Waals surface area contributed by atoms with Gasteiger partial charge in [0.15, 0.2) is 0 Å². The Bertz CT molecular complexity index is 1530. The molecular formula is C34H32CaN2O6. The number of aromatic nitrogens is 2. The summed E-state index contributed by atoms with van der Waals surface area (Å²) in [5.74, 6) is -3.50. The second kappa shape index (κ2) is 13.9. The largest absolute Gasteiger partial charge is 2.00 e. The Labute approximate surface area is 280 Å². The van der Waals surface area contributed by atoms with Crippen LogP contribution in [0.15, 0.2) is 72.8 Å². The van der Waals surface area contributed by atoms with Gasteiger partial charge in [0.1, 0.15) is 0 Å². The summed E-state index contributed by atoms with van der Waals surface area (Å²) in [5, 5.41) is 22.4. The SMILES string of the molecule is Cc1ccc(C(=O)c2ccc3n2CCCC3C(=O)[O-])cc1.Cc1ccc(C(=O)c2ccc3n2CCCC3C(=O)[O-])cc1.[Ca+2]. The topological polar surface area (TPSA) is 124 Å². The van der Waals surface area contributed by atoms with Gasteiger partial charge in [-0.2, -0.15) is 0 Å². The van der Waals surface area contributed by atoms with E-state index in [1.165, 1.54) is 0 Å². The summed E-state index contributed by atoms with van der Waals surface area (Å²) < 4.78 is 3.65. The molecule has 9 heteroatoms. The van der Waals surface area contributed by atoms with Crippen LogP contribution in [0.2, 0.25) is 0 Å². The fourth-order valence-corrected chi connectivity index (χ4v) is 5.86. The minimum Gasteiger partial charge on any atom is -0.549 e. The zero-order valence-electron chi connectivity index (χ0n) is 24.4. The molecule has 2 atom stereocenters. The molecule has 2 aliphatic rings. The van der Waals surface area contributed by atoms with Gasteiger partial charge in [-0.1, -0.05) is 59.7 Å². The number of carboxylic acid groups (broad SMARTS) is 2. The van der Waals surface area contributed by atoms with Crippen LogP contribution in [0.25, 0.3) is 0 Å². The molecule has 2 aromatic heterocycles. The van der Waals surface area contributed by atoms with Crippen LogP contribution in [-0.4, -0.2) is 70.4 Å². The van der Waals surface area contributed by atoms with Crippen LogP contribution >= 0.6 is 0 Å². The maximum Gasteiger partial charge on any atom is 2.00 e. The van der Waals surface area contributed by atoms with Gasteiger partial charge in [-0.05, 0) is 63.8 Å². The molecule has 4 heterocycles.